The minimum atomic E-state index is -0.155. The van der Waals surface area contributed by atoms with Gasteiger partial charge in [-0.2, -0.15) is 4.98 Å². The van der Waals surface area contributed by atoms with Crippen LogP contribution in [0.1, 0.15) is 59.8 Å². The van der Waals surface area contributed by atoms with Gasteiger partial charge in [0, 0.05) is 40.0 Å². The van der Waals surface area contributed by atoms with Crippen LogP contribution in [0.3, 0.4) is 0 Å². The van der Waals surface area contributed by atoms with E-state index in [1.165, 1.54) is 0 Å². The van der Waals surface area contributed by atoms with Gasteiger partial charge in [-0.1, -0.05) is 59.6 Å². The quantitative estimate of drug-likeness (QED) is 0.292. The summed E-state index contributed by atoms with van der Waals surface area (Å²) in [7, 11) is 0. The third-order valence-corrected chi connectivity index (χ3v) is 9.11. The van der Waals surface area contributed by atoms with E-state index in [9.17, 15) is 9.59 Å². The maximum atomic E-state index is 13.7. The van der Waals surface area contributed by atoms with E-state index in [-0.39, 0.29) is 23.8 Å². The summed E-state index contributed by atoms with van der Waals surface area (Å²) in [6, 6.07) is 22.1. The van der Waals surface area contributed by atoms with Crippen LogP contribution in [0, 0.1) is 6.92 Å². The maximum absolute atomic E-state index is 13.7. The molecule has 0 radical (unpaired) electrons. The van der Waals surface area contributed by atoms with Gasteiger partial charge in [-0.3, -0.25) is 9.59 Å². The van der Waals surface area contributed by atoms with Crippen LogP contribution in [0.25, 0.3) is 11.4 Å². The third-order valence-electron chi connectivity index (χ3n) is 7.99. The molecule has 39 heavy (non-hydrogen) atoms. The Labute approximate surface area is 231 Å². The van der Waals surface area contributed by atoms with Crippen molar-refractivity contribution in [3.8, 4) is 11.4 Å². The number of hydrogen-bond acceptors (Lipinski definition) is 6. The fourth-order valence-electron chi connectivity index (χ4n) is 5.91. The van der Waals surface area contributed by atoms with E-state index in [1.54, 1.807) is 16.7 Å². The van der Waals surface area contributed by atoms with Gasteiger partial charge >= 0.3 is 0 Å². The van der Waals surface area contributed by atoms with Gasteiger partial charge in [0.2, 0.25) is 17.6 Å². The number of amides is 2. The molecule has 8 heteroatoms. The van der Waals surface area contributed by atoms with Crippen LogP contribution in [0.5, 0.6) is 0 Å². The van der Waals surface area contributed by atoms with E-state index >= 15 is 0 Å². The Morgan fingerprint density at radius 2 is 1.74 bits per heavy atom. The molecular formula is C31H28N4O3S. The fraction of sp³-hybridized carbons (Fsp3) is 0.290. The first-order chi connectivity index (χ1) is 19.0. The summed E-state index contributed by atoms with van der Waals surface area (Å²) in [6.07, 6.45) is 4.67. The number of benzene rings is 3. The Balaban J connectivity index is 1.19. The average molecular weight is 537 g/mol. The molecule has 2 amide bonds. The molecule has 0 spiro atoms. The lowest BCUT2D eigenvalue weighted by molar-refractivity contribution is -0.117. The highest BCUT2D eigenvalue weighted by Gasteiger charge is 2.36. The van der Waals surface area contributed by atoms with Crippen LogP contribution < -0.4 is 9.80 Å². The number of aryl methyl sites for hydroxylation is 1. The van der Waals surface area contributed by atoms with E-state index in [0.717, 1.165) is 63.5 Å². The largest absolute Gasteiger partial charge is 0.339 e. The smallest absolute Gasteiger partial charge is 0.259 e. The standard InChI is InChI=1S/C31H28N4O3S/c1-19-10-13-22(14-11-19)34-18-21(17-28(34)36)30-32-29(33-38-30)20-12-15-25-27(16-20)39-26-9-5-4-8-24(26)31(37)35(25)23-6-2-3-7-23/h4-5,8-16,21,23H,2-3,6-7,17-18H2,1H3/t21-/m0/s1. The Morgan fingerprint density at radius 3 is 2.56 bits per heavy atom. The maximum Gasteiger partial charge on any atom is 0.259 e. The molecular weight excluding hydrogens is 508 g/mol. The molecule has 1 saturated heterocycles. The summed E-state index contributed by atoms with van der Waals surface area (Å²) in [4.78, 5) is 37.0. The zero-order valence-electron chi connectivity index (χ0n) is 21.7. The van der Waals surface area contributed by atoms with E-state index in [0.29, 0.717) is 24.7 Å². The third kappa shape index (κ3) is 4.33. The van der Waals surface area contributed by atoms with Crippen LogP contribution in [0.4, 0.5) is 11.4 Å². The predicted molar refractivity (Wildman–Crippen MR) is 150 cm³/mol. The topological polar surface area (TPSA) is 79.5 Å². The Kier molecular flexibility index (Phi) is 6.00. The molecule has 2 aliphatic heterocycles. The van der Waals surface area contributed by atoms with Crippen molar-refractivity contribution >= 4 is 35.0 Å². The predicted octanol–water partition coefficient (Wildman–Crippen LogP) is 6.62. The number of aromatic nitrogens is 2. The van der Waals surface area contributed by atoms with E-state index in [4.69, 9.17) is 9.51 Å². The van der Waals surface area contributed by atoms with Crippen LogP contribution in [-0.2, 0) is 4.79 Å². The molecule has 7 nitrogen and oxygen atoms in total. The number of rotatable bonds is 4. The highest BCUT2D eigenvalue weighted by Crippen LogP contribution is 2.45. The van der Waals surface area contributed by atoms with Gasteiger partial charge < -0.3 is 14.3 Å². The number of carbonyl (C=O) groups excluding carboxylic acids is 2. The first-order valence-corrected chi connectivity index (χ1v) is 14.3. The summed E-state index contributed by atoms with van der Waals surface area (Å²) >= 11 is 1.61. The normalized spacial score (nSPS) is 19.4. The molecule has 0 N–H and O–H groups in total. The zero-order chi connectivity index (χ0) is 26.5. The lowest BCUT2D eigenvalue weighted by Crippen LogP contribution is -2.39. The Hall–Kier alpha value is -3.91. The summed E-state index contributed by atoms with van der Waals surface area (Å²) in [5.41, 5.74) is 4.56. The van der Waals surface area contributed by atoms with Crippen LogP contribution in [0.15, 0.2) is 81.0 Å². The number of fused-ring (bicyclic) bond motifs is 2. The molecule has 1 aromatic heterocycles. The molecule has 4 aromatic rings. The number of carbonyl (C=O) groups is 2. The van der Waals surface area contributed by atoms with Gasteiger partial charge in [-0.25, -0.2) is 0 Å². The van der Waals surface area contributed by atoms with Crippen molar-refractivity contribution in [2.75, 3.05) is 16.3 Å². The molecule has 1 atom stereocenters. The van der Waals surface area contributed by atoms with Crippen molar-refractivity contribution in [3.05, 3.63) is 83.7 Å². The SMILES string of the molecule is Cc1ccc(N2C[C@@H](c3nc(-c4ccc5c(c4)Sc4ccccc4C(=O)N5C4CCCC4)no3)CC2=O)cc1. The molecule has 3 aliphatic rings. The zero-order valence-corrected chi connectivity index (χ0v) is 22.5. The molecule has 196 valence electrons. The van der Waals surface area contributed by atoms with Crippen molar-refractivity contribution in [2.24, 2.45) is 0 Å². The van der Waals surface area contributed by atoms with Crippen LogP contribution in [0.2, 0.25) is 0 Å². The van der Waals surface area contributed by atoms with Gasteiger partial charge in [0.05, 0.1) is 17.2 Å². The number of anilines is 2. The summed E-state index contributed by atoms with van der Waals surface area (Å²) < 4.78 is 5.69. The van der Waals surface area contributed by atoms with E-state index < -0.39 is 0 Å². The van der Waals surface area contributed by atoms with Crippen molar-refractivity contribution in [2.45, 2.75) is 60.8 Å². The Bertz CT molecular complexity index is 1570. The van der Waals surface area contributed by atoms with Crippen LogP contribution in [-0.4, -0.2) is 34.5 Å². The van der Waals surface area contributed by atoms with Crippen molar-refractivity contribution < 1.29 is 14.1 Å². The van der Waals surface area contributed by atoms with Gasteiger partial charge in [-0.05, 0) is 62.2 Å². The molecule has 0 bridgehead atoms. The molecule has 1 aliphatic carbocycles. The van der Waals surface area contributed by atoms with Gasteiger partial charge in [0.25, 0.3) is 5.91 Å². The number of hydrogen-bond donors (Lipinski definition) is 0. The number of nitrogens with zero attached hydrogens (tertiary/aromatic N) is 4. The molecule has 3 heterocycles. The molecule has 3 aromatic carbocycles. The fourth-order valence-corrected chi connectivity index (χ4v) is 7.02. The highest BCUT2D eigenvalue weighted by atomic mass is 32.2. The molecule has 1 saturated carbocycles. The van der Waals surface area contributed by atoms with E-state index in [1.807, 2.05) is 72.5 Å². The van der Waals surface area contributed by atoms with Crippen molar-refractivity contribution in [3.63, 3.8) is 0 Å². The minimum absolute atomic E-state index is 0.0559. The summed E-state index contributed by atoms with van der Waals surface area (Å²) in [6.45, 7) is 2.54. The first kappa shape index (κ1) is 24.2. The van der Waals surface area contributed by atoms with Gasteiger partial charge in [-0.15, -0.1) is 0 Å². The second kappa shape index (κ2) is 9.68. The highest BCUT2D eigenvalue weighted by molar-refractivity contribution is 7.99. The van der Waals surface area contributed by atoms with Gasteiger partial charge in [0.15, 0.2) is 0 Å². The first-order valence-electron chi connectivity index (χ1n) is 13.5. The Morgan fingerprint density at radius 1 is 0.949 bits per heavy atom. The molecule has 7 rings (SSSR count). The summed E-state index contributed by atoms with van der Waals surface area (Å²) in [5, 5.41) is 4.29. The summed E-state index contributed by atoms with van der Waals surface area (Å²) in [5.74, 6) is 0.940. The molecule has 0 unspecified atom stereocenters. The monoisotopic (exact) mass is 536 g/mol. The second-order valence-corrected chi connectivity index (χ2v) is 11.7. The average Bonchev–Trinajstić information content (AvgIpc) is 3.71. The second-order valence-electron chi connectivity index (χ2n) is 10.6. The van der Waals surface area contributed by atoms with Crippen molar-refractivity contribution in [1.82, 2.24) is 10.1 Å². The van der Waals surface area contributed by atoms with Crippen LogP contribution >= 0.6 is 11.8 Å². The van der Waals surface area contributed by atoms with E-state index in [2.05, 4.69) is 11.2 Å². The van der Waals surface area contributed by atoms with Gasteiger partial charge in [0.1, 0.15) is 0 Å². The molecule has 2 fully saturated rings. The minimum Gasteiger partial charge on any atom is -0.339 e. The lowest BCUT2D eigenvalue weighted by Gasteiger charge is -2.29. The van der Waals surface area contributed by atoms with Crippen molar-refractivity contribution in [1.29, 1.82) is 0 Å². The lowest BCUT2D eigenvalue weighted by atomic mass is 10.1.